The van der Waals surface area contributed by atoms with E-state index in [1.165, 1.54) is 6.07 Å². The van der Waals surface area contributed by atoms with Gasteiger partial charge in [-0.2, -0.15) is 0 Å². The third kappa shape index (κ3) is 2.44. The molecule has 2 nitrogen and oxygen atoms in total. The van der Waals surface area contributed by atoms with Crippen molar-refractivity contribution in [3.63, 3.8) is 0 Å². The first-order valence-corrected chi connectivity index (χ1v) is 7.42. The van der Waals surface area contributed by atoms with Crippen LogP contribution < -0.4 is 0 Å². The number of sulfone groups is 1. The minimum atomic E-state index is -3.15. The van der Waals surface area contributed by atoms with Crippen LogP contribution >= 0.6 is 27.5 Å². The van der Waals surface area contributed by atoms with E-state index in [1.54, 1.807) is 12.1 Å². The predicted molar refractivity (Wildman–Crippen MR) is 70.7 cm³/mol. The first-order chi connectivity index (χ1) is 7.01. The molecule has 1 saturated carbocycles. The monoisotopic (exact) mass is 324 g/mol. The molecule has 5 heteroatoms. The quantitative estimate of drug-likeness (QED) is 0.821. The summed E-state index contributed by atoms with van der Waals surface area (Å²) in [5.74, 6) is 0. The van der Waals surface area contributed by atoms with E-state index >= 15 is 0 Å². The zero-order chi connectivity index (χ0) is 11.1. The van der Waals surface area contributed by atoms with E-state index in [0.717, 1.165) is 23.7 Å². The van der Waals surface area contributed by atoms with Gasteiger partial charge in [0.2, 0.25) is 0 Å². The van der Waals surface area contributed by atoms with E-state index in [4.69, 9.17) is 11.6 Å². The van der Waals surface area contributed by atoms with Crippen LogP contribution in [-0.4, -0.2) is 13.7 Å². The molecule has 0 N–H and O–H groups in total. The highest BCUT2D eigenvalue weighted by molar-refractivity contribution is 9.10. The van der Waals surface area contributed by atoms with Crippen molar-refractivity contribution in [3.05, 3.63) is 27.7 Å². The molecule has 0 heterocycles. The molecular weight excluding hydrogens is 312 g/mol. The molecule has 1 aromatic carbocycles. The molecule has 1 aliphatic carbocycles. The highest BCUT2D eigenvalue weighted by atomic mass is 79.9. The smallest absolute Gasteiger partial charge is 0.181 e. The Bertz CT molecular complexity index is 481. The number of benzene rings is 1. The second kappa shape index (κ2) is 5.07. The van der Waals surface area contributed by atoms with Gasteiger partial charge in [-0.05, 0) is 47.0 Å². The second-order valence-electron chi connectivity index (χ2n) is 3.67. The van der Waals surface area contributed by atoms with E-state index in [0.29, 0.717) is 9.92 Å². The molecule has 90 valence electrons. The first-order valence-electron chi connectivity index (χ1n) is 4.71. The van der Waals surface area contributed by atoms with Crippen molar-refractivity contribution in [3.8, 4) is 0 Å². The van der Waals surface area contributed by atoms with Crippen molar-refractivity contribution in [2.45, 2.75) is 36.8 Å². The topological polar surface area (TPSA) is 34.1 Å². The predicted octanol–water partition coefficient (Wildman–Crippen LogP) is 4.06. The summed E-state index contributed by atoms with van der Waals surface area (Å²) in [4.78, 5) is 0.334. The molecule has 0 unspecified atom stereocenters. The first kappa shape index (κ1) is 14.0. The van der Waals surface area contributed by atoms with Gasteiger partial charge in [0, 0.05) is 4.47 Å². The van der Waals surface area contributed by atoms with Crippen molar-refractivity contribution < 1.29 is 8.42 Å². The molecule has 0 amide bonds. The summed E-state index contributed by atoms with van der Waals surface area (Å²) in [7, 11) is -3.15. The maximum atomic E-state index is 12.0. The Hall–Kier alpha value is -0.0600. The molecule has 0 aromatic heterocycles. The van der Waals surface area contributed by atoms with E-state index in [1.807, 2.05) is 0 Å². The lowest BCUT2D eigenvalue weighted by Crippen LogP contribution is -2.28. The molecule has 2 rings (SSSR count). The maximum Gasteiger partial charge on any atom is 0.181 e. The fourth-order valence-electron chi connectivity index (χ4n) is 1.53. The van der Waals surface area contributed by atoms with Gasteiger partial charge in [-0.25, -0.2) is 8.42 Å². The number of hydrogen-bond donors (Lipinski definition) is 0. The van der Waals surface area contributed by atoms with E-state index in [9.17, 15) is 8.42 Å². The van der Waals surface area contributed by atoms with Gasteiger partial charge in [0.05, 0.1) is 15.2 Å². The molecule has 0 saturated heterocycles. The average Bonchev–Trinajstić information content (AvgIpc) is 2.05. The van der Waals surface area contributed by atoms with Crippen molar-refractivity contribution in [2.75, 3.05) is 0 Å². The lowest BCUT2D eigenvalue weighted by Gasteiger charge is -2.25. The van der Waals surface area contributed by atoms with Crippen LogP contribution in [0.2, 0.25) is 5.02 Å². The molecule has 1 aliphatic rings. The van der Waals surface area contributed by atoms with E-state index < -0.39 is 9.84 Å². The number of hydrogen-bond acceptors (Lipinski definition) is 2. The van der Waals surface area contributed by atoms with Crippen molar-refractivity contribution >= 4 is 37.4 Å². The van der Waals surface area contributed by atoms with Crippen LogP contribution in [0.15, 0.2) is 27.6 Å². The van der Waals surface area contributed by atoms with Crippen molar-refractivity contribution in [1.29, 1.82) is 0 Å². The summed E-state index contributed by atoms with van der Waals surface area (Å²) in [6, 6.07) is 4.79. The molecule has 0 atom stereocenters. The van der Waals surface area contributed by atoms with E-state index in [2.05, 4.69) is 15.9 Å². The zero-order valence-electron chi connectivity index (χ0n) is 7.91. The van der Waals surface area contributed by atoms with Gasteiger partial charge in [-0.3, -0.25) is 0 Å². The molecule has 0 radical (unpaired) electrons. The number of halogens is 2. The fourth-order valence-corrected chi connectivity index (χ4v) is 3.90. The third-order valence-corrected chi connectivity index (χ3v) is 6.20. The summed E-state index contributed by atoms with van der Waals surface area (Å²) in [6.07, 6.45) is 2.56. The Morgan fingerprint density at radius 3 is 2.38 bits per heavy atom. The van der Waals surface area contributed by atoms with Crippen LogP contribution in [0.25, 0.3) is 0 Å². The zero-order valence-corrected chi connectivity index (χ0v) is 11.1. The molecule has 0 aliphatic heterocycles. The van der Waals surface area contributed by atoms with Gasteiger partial charge in [0.25, 0.3) is 0 Å². The lowest BCUT2D eigenvalue weighted by molar-refractivity contribution is 0.477. The maximum absolute atomic E-state index is 12.0. The molecule has 0 spiro atoms. The average molecular weight is 326 g/mol. The molecular formula is C11H14BrClO2S. The summed E-state index contributed by atoms with van der Waals surface area (Å²) in [5.41, 5.74) is 0. The summed E-state index contributed by atoms with van der Waals surface area (Å²) in [6.45, 7) is 0. The molecule has 0 bridgehead atoms. The normalized spacial score (nSPS) is 16.4. The van der Waals surface area contributed by atoms with Crippen LogP contribution in [0.5, 0.6) is 0 Å². The van der Waals surface area contributed by atoms with Gasteiger partial charge in [-0.1, -0.05) is 25.4 Å². The van der Waals surface area contributed by atoms with Gasteiger partial charge >= 0.3 is 0 Å². The van der Waals surface area contributed by atoms with Gasteiger partial charge in [-0.15, -0.1) is 0 Å². The summed E-state index contributed by atoms with van der Waals surface area (Å²) >= 11 is 9.11. The van der Waals surface area contributed by atoms with Crippen LogP contribution in [0, 0.1) is 0 Å². The Balaban J connectivity index is 0.00000128. The van der Waals surface area contributed by atoms with Gasteiger partial charge in [0.1, 0.15) is 0 Å². The highest BCUT2D eigenvalue weighted by Crippen LogP contribution is 2.33. The molecule has 16 heavy (non-hydrogen) atoms. The van der Waals surface area contributed by atoms with Crippen LogP contribution in [0.3, 0.4) is 0 Å². The fraction of sp³-hybridized carbons (Fsp3) is 0.455. The summed E-state index contributed by atoms with van der Waals surface area (Å²) in [5, 5.41) is 0.241. The van der Waals surface area contributed by atoms with Crippen LogP contribution in [0.1, 0.15) is 26.7 Å². The standard InChI is InChI=1S/C10H10BrClO2S.CH4/c11-9-5-4-8(6-10(9)12)15(13,14)7-2-1-3-7;/h4-7H,1-3H2;1H4. The Kier molecular flexibility index (Phi) is 4.43. The van der Waals surface area contributed by atoms with E-state index in [-0.39, 0.29) is 12.7 Å². The largest absolute Gasteiger partial charge is 0.223 e. The van der Waals surface area contributed by atoms with Crippen LogP contribution in [-0.2, 0) is 9.84 Å². The summed E-state index contributed by atoms with van der Waals surface area (Å²) < 4.78 is 24.7. The Morgan fingerprint density at radius 1 is 1.31 bits per heavy atom. The Morgan fingerprint density at radius 2 is 1.94 bits per heavy atom. The second-order valence-corrected chi connectivity index (χ2v) is 7.16. The van der Waals surface area contributed by atoms with Crippen LogP contribution in [0.4, 0.5) is 0 Å². The highest BCUT2D eigenvalue weighted by Gasteiger charge is 2.32. The van der Waals surface area contributed by atoms with Crippen molar-refractivity contribution in [1.82, 2.24) is 0 Å². The molecule has 1 aromatic rings. The van der Waals surface area contributed by atoms with Gasteiger partial charge < -0.3 is 0 Å². The SMILES string of the molecule is C.O=S(=O)(c1ccc(Br)c(Cl)c1)C1CCC1. The third-order valence-electron chi connectivity index (χ3n) is 2.71. The Labute approximate surface area is 110 Å². The number of rotatable bonds is 2. The lowest BCUT2D eigenvalue weighted by atomic mass is 10.00. The molecule has 1 fully saturated rings. The minimum absolute atomic E-state index is 0. The minimum Gasteiger partial charge on any atom is -0.223 e. The van der Waals surface area contributed by atoms with Gasteiger partial charge in [0.15, 0.2) is 9.84 Å². The van der Waals surface area contributed by atoms with Crippen molar-refractivity contribution in [2.24, 2.45) is 0 Å².